The summed E-state index contributed by atoms with van der Waals surface area (Å²) in [5.74, 6) is -0.264. The zero-order chi connectivity index (χ0) is 15.4. The molecule has 1 unspecified atom stereocenters. The molecular weight excluding hydrogens is 305 g/mol. The molecule has 4 rings (SSSR count). The molecule has 1 aromatic carbocycles. The van der Waals surface area contributed by atoms with E-state index in [1.165, 1.54) is 10.4 Å². The number of fused-ring (bicyclic) bond motifs is 2. The lowest BCUT2D eigenvalue weighted by molar-refractivity contribution is 0.198. The fraction of sp³-hybridized carbons (Fsp3) is 0.625. The maximum Gasteiger partial charge on any atom is 0.240 e. The smallest absolute Gasteiger partial charge is 0.240 e. The van der Waals surface area contributed by atoms with Crippen LogP contribution in [0.5, 0.6) is 0 Å². The minimum Gasteiger partial charge on any atom is -0.380 e. The van der Waals surface area contributed by atoms with Crippen LogP contribution in [0.1, 0.15) is 37.7 Å². The van der Waals surface area contributed by atoms with Crippen molar-refractivity contribution in [1.82, 2.24) is 0 Å². The molecule has 0 amide bonds. The van der Waals surface area contributed by atoms with Crippen LogP contribution in [0.3, 0.4) is 0 Å². The molecular formula is C16H20FNO3S. The predicted octanol–water partition coefficient (Wildman–Crippen LogP) is 2.58. The Hall–Kier alpha value is -1.14. The second-order valence-electron chi connectivity index (χ2n) is 6.66. The van der Waals surface area contributed by atoms with E-state index in [1.807, 2.05) is 0 Å². The lowest BCUT2D eigenvalue weighted by atomic mass is 9.80. The molecule has 0 radical (unpaired) electrons. The van der Waals surface area contributed by atoms with Crippen LogP contribution < -0.4 is 4.31 Å². The average Bonchev–Trinajstić information content (AvgIpc) is 3.22. The van der Waals surface area contributed by atoms with Gasteiger partial charge in [-0.2, -0.15) is 0 Å². The molecule has 1 saturated carbocycles. The van der Waals surface area contributed by atoms with Crippen LogP contribution in [0.4, 0.5) is 10.1 Å². The molecule has 4 nitrogen and oxygen atoms in total. The van der Waals surface area contributed by atoms with Gasteiger partial charge in [-0.3, -0.25) is 4.31 Å². The summed E-state index contributed by atoms with van der Waals surface area (Å²) in [6.07, 6.45) is 4.33. The first-order valence-electron chi connectivity index (χ1n) is 7.93. The van der Waals surface area contributed by atoms with E-state index in [-0.39, 0.29) is 17.8 Å². The lowest BCUT2D eigenvalue weighted by Gasteiger charge is -2.26. The van der Waals surface area contributed by atoms with Crippen molar-refractivity contribution in [3.05, 3.63) is 29.6 Å². The van der Waals surface area contributed by atoms with Crippen LogP contribution in [0.25, 0.3) is 0 Å². The summed E-state index contributed by atoms with van der Waals surface area (Å²) in [6, 6.07) is 4.81. The van der Waals surface area contributed by atoms with E-state index in [4.69, 9.17) is 4.74 Å². The maximum atomic E-state index is 14.5. The molecule has 2 heterocycles. The fourth-order valence-corrected chi connectivity index (χ4v) is 6.17. The van der Waals surface area contributed by atoms with Crippen LogP contribution in [-0.4, -0.2) is 33.4 Å². The van der Waals surface area contributed by atoms with Gasteiger partial charge in [-0.05, 0) is 31.4 Å². The van der Waals surface area contributed by atoms with E-state index >= 15 is 0 Å². The number of nitrogens with zero attached hydrogens (tertiary/aromatic N) is 1. The van der Waals surface area contributed by atoms with Crippen LogP contribution >= 0.6 is 0 Å². The topological polar surface area (TPSA) is 46.6 Å². The van der Waals surface area contributed by atoms with Crippen molar-refractivity contribution < 1.29 is 17.5 Å². The summed E-state index contributed by atoms with van der Waals surface area (Å²) in [5.41, 5.74) is 0.844. The van der Waals surface area contributed by atoms with E-state index in [9.17, 15) is 12.8 Å². The van der Waals surface area contributed by atoms with Crippen molar-refractivity contribution in [2.45, 2.75) is 42.8 Å². The first-order chi connectivity index (χ1) is 10.5. The molecule has 1 saturated heterocycles. The van der Waals surface area contributed by atoms with Gasteiger partial charge in [0.1, 0.15) is 11.1 Å². The Kier molecular flexibility index (Phi) is 3.24. The number of anilines is 1. The van der Waals surface area contributed by atoms with Gasteiger partial charge in [0.15, 0.2) is 0 Å². The number of benzene rings is 1. The molecule has 1 aliphatic carbocycles. The SMILES string of the molecule is O=S(=O)(C1CCOC1)N1CC2(CCCC2)c2c(F)cccc21. The number of ether oxygens (including phenoxy) is 1. The highest BCUT2D eigenvalue weighted by molar-refractivity contribution is 7.93. The summed E-state index contributed by atoms with van der Waals surface area (Å²) in [6.45, 7) is 1.12. The zero-order valence-corrected chi connectivity index (χ0v) is 13.2. The minimum absolute atomic E-state index is 0.247. The third-order valence-corrected chi connectivity index (χ3v) is 7.57. The molecule has 2 fully saturated rings. The van der Waals surface area contributed by atoms with Gasteiger partial charge < -0.3 is 4.74 Å². The van der Waals surface area contributed by atoms with Gasteiger partial charge >= 0.3 is 0 Å². The number of hydrogen-bond acceptors (Lipinski definition) is 3. The van der Waals surface area contributed by atoms with Gasteiger partial charge in [0.25, 0.3) is 0 Å². The largest absolute Gasteiger partial charge is 0.380 e. The minimum atomic E-state index is -3.49. The van der Waals surface area contributed by atoms with Gasteiger partial charge in [0.05, 0.1) is 12.3 Å². The van der Waals surface area contributed by atoms with E-state index in [2.05, 4.69) is 0 Å². The van der Waals surface area contributed by atoms with Crippen molar-refractivity contribution in [3.8, 4) is 0 Å². The van der Waals surface area contributed by atoms with E-state index in [0.717, 1.165) is 25.7 Å². The van der Waals surface area contributed by atoms with Crippen molar-refractivity contribution in [2.75, 3.05) is 24.1 Å². The molecule has 1 aromatic rings. The van der Waals surface area contributed by atoms with Crippen LogP contribution in [0.15, 0.2) is 18.2 Å². The Morgan fingerprint density at radius 1 is 1.27 bits per heavy atom. The number of halogens is 1. The molecule has 22 heavy (non-hydrogen) atoms. The van der Waals surface area contributed by atoms with Crippen molar-refractivity contribution in [1.29, 1.82) is 0 Å². The Morgan fingerprint density at radius 2 is 2.05 bits per heavy atom. The van der Waals surface area contributed by atoms with Gasteiger partial charge in [-0.15, -0.1) is 0 Å². The second kappa shape index (κ2) is 4.93. The molecule has 0 bridgehead atoms. The molecule has 1 atom stereocenters. The molecule has 0 N–H and O–H groups in total. The maximum absolute atomic E-state index is 14.5. The lowest BCUT2D eigenvalue weighted by Crippen LogP contribution is -2.41. The van der Waals surface area contributed by atoms with Crippen molar-refractivity contribution in [2.24, 2.45) is 0 Å². The van der Waals surface area contributed by atoms with Crippen LogP contribution in [0.2, 0.25) is 0 Å². The Morgan fingerprint density at radius 3 is 2.73 bits per heavy atom. The molecule has 120 valence electrons. The normalized spacial score (nSPS) is 26.8. The first kappa shape index (κ1) is 14.5. The highest BCUT2D eigenvalue weighted by Gasteiger charge is 2.51. The Bertz CT molecular complexity index is 691. The van der Waals surface area contributed by atoms with E-state index < -0.39 is 15.3 Å². The summed E-state index contributed by atoms with van der Waals surface area (Å²) >= 11 is 0. The zero-order valence-electron chi connectivity index (χ0n) is 12.4. The second-order valence-corrected chi connectivity index (χ2v) is 8.80. The van der Waals surface area contributed by atoms with Crippen molar-refractivity contribution in [3.63, 3.8) is 0 Å². The third-order valence-electron chi connectivity index (χ3n) is 5.41. The Labute approximate surface area is 130 Å². The highest BCUT2D eigenvalue weighted by atomic mass is 32.2. The van der Waals surface area contributed by atoms with E-state index in [0.29, 0.717) is 30.8 Å². The molecule has 2 aliphatic heterocycles. The number of rotatable bonds is 2. The van der Waals surface area contributed by atoms with Crippen molar-refractivity contribution >= 4 is 15.7 Å². The molecule has 0 aromatic heterocycles. The fourth-order valence-electron chi connectivity index (χ4n) is 4.30. The number of sulfonamides is 1. The first-order valence-corrected chi connectivity index (χ1v) is 9.43. The molecule has 6 heteroatoms. The van der Waals surface area contributed by atoms with Gasteiger partial charge in [-0.25, -0.2) is 12.8 Å². The average molecular weight is 325 g/mol. The molecule has 3 aliphatic rings. The van der Waals surface area contributed by atoms with Gasteiger partial charge in [-0.1, -0.05) is 18.9 Å². The summed E-state index contributed by atoms with van der Waals surface area (Å²) in [5, 5.41) is -0.500. The quantitative estimate of drug-likeness (QED) is 0.839. The van der Waals surface area contributed by atoms with Gasteiger partial charge in [0, 0.05) is 24.1 Å². The highest BCUT2D eigenvalue weighted by Crippen LogP contribution is 2.52. The predicted molar refractivity (Wildman–Crippen MR) is 82.0 cm³/mol. The third kappa shape index (κ3) is 1.93. The standard InChI is InChI=1S/C16H20FNO3S/c17-13-4-3-5-14-15(13)16(7-1-2-8-16)11-18(14)22(19,20)12-6-9-21-10-12/h3-5,12H,1-2,6-11H2. The van der Waals surface area contributed by atoms with Gasteiger partial charge in [0.2, 0.25) is 10.0 Å². The van der Waals surface area contributed by atoms with Crippen LogP contribution in [0, 0.1) is 5.82 Å². The Balaban J connectivity index is 1.82. The summed E-state index contributed by atoms with van der Waals surface area (Å²) in [4.78, 5) is 0. The molecule has 1 spiro atoms. The number of hydrogen-bond donors (Lipinski definition) is 0. The monoisotopic (exact) mass is 325 g/mol. The summed E-state index contributed by atoms with van der Waals surface area (Å²) < 4.78 is 47.1. The summed E-state index contributed by atoms with van der Waals surface area (Å²) in [7, 11) is -3.49. The van der Waals surface area contributed by atoms with Crippen LogP contribution in [-0.2, 0) is 20.2 Å². The van der Waals surface area contributed by atoms with E-state index in [1.54, 1.807) is 12.1 Å².